The Morgan fingerprint density at radius 1 is 1.38 bits per heavy atom. The van der Waals surface area contributed by atoms with Crippen LogP contribution in [0.15, 0.2) is 18.2 Å². The second-order valence-corrected chi connectivity index (χ2v) is 6.97. The SMILES string of the molecule is CCN1CC(C)(C)OC(=O)C1c1cc(C(F)(F)F)ccc1CNC(C)=O. The van der Waals surface area contributed by atoms with Gasteiger partial charge in [-0.1, -0.05) is 13.0 Å². The Hall–Kier alpha value is -2.09. The van der Waals surface area contributed by atoms with E-state index in [9.17, 15) is 22.8 Å². The molecule has 0 radical (unpaired) electrons. The molecule has 8 heteroatoms. The van der Waals surface area contributed by atoms with Crippen molar-refractivity contribution < 1.29 is 27.5 Å². The second kappa shape index (κ2) is 7.26. The Labute approximate surface area is 150 Å². The van der Waals surface area contributed by atoms with E-state index in [-0.39, 0.29) is 18.0 Å². The Kier molecular flexibility index (Phi) is 5.65. The molecule has 0 aromatic heterocycles. The van der Waals surface area contributed by atoms with Gasteiger partial charge in [0.25, 0.3) is 0 Å². The first-order valence-corrected chi connectivity index (χ1v) is 8.36. The molecule has 1 N–H and O–H groups in total. The molecule has 1 atom stereocenters. The van der Waals surface area contributed by atoms with Gasteiger partial charge in [-0.2, -0.15) is 13.2 Å². The Bertz CT molecular complexity index is 701. The van der Waals surface area contributed by atoms with Crippen LogP contribution in [0.4, 0.5) is 13.2 Å². The fourth-order valence-corrected chi connectivity index (χ4v) is 3.11. The van der Waals surface area contributed by atoms with Gasteiger partial charge in [-0.05, 0) is 43.7 Å². The van der Waals surface area contributed by atoms with Gasteiger partial charge < -0.3 is 10.1 Å². The smallest absolute Gasteiger partial charge is 0.416 e. The predicted molar refractivity (Wildman–Crippen MR) is 89.1 cm³/mol. The average molecular weight is 372 g/mol. The first kappa shape index (κ1) is 20.2. The summed E-state index contributed by atoms with van der Waals surface area (Å²) in [6, 6.07) is 2.28. The highest BCUT2D eigenvalue weighted by Crippen LogP contribution is 2.37. The molecule has 1 fully saturated rings. The standard InChI is InChI=1S/C18H23F3N2O3/c1-5-23-10-17(3,4)26-16(25)15(23)14-8-13(18(19,20)21)7-6-12(14)9-22-11(2)24/h6-8,15H,5,9-10H2,1-4H3,(H,22,24). The molecule has 5 nitrogen and oxygen atoms in total. The molecule has 1 unspecified atom stereocenters. The van der Waals surface area contributed by atoms with Crippen LogP contribution in [0.25, 0.3) is 0 Å². The van der Waals surface area contributed by atoms with E-state index in [2.05, 4.69) is 5.32 Å². The summed E-state index contributed by atoms with van der Waals surface area (Å²) in [5.74, 6) is -0.901. The molecule has 144 valence electrons. The lowest BCUT2D eigenvalue weighted by Crippen LogP contribution is -2.52. The number of carbonyl (C=O) groups is 2. The molecule has 1 saturated heterocycles. The number of likely N-dealkylation sites (N-methyl/N-ethyl adjacent to an activating group) is 1. The number of hydrogen-bond donors (Lipinski definition) is 1. The van der Waals surface area contributed by atoms with Crippen LogP contribution in [0.3, 0.4) is 0 Å². The summed E-state index contributed by atoms with van der Waals surface area (Å²) < 4.78 is 45.0. The molecule has 0 bridgehead atoms. The maximum absolute atomic E-state index is 13.2. The summed E-state index contributed by atoms with van der Waals surface area (Å²) in [7, 11) is 0. The van der Waals surface area contributed by atoms with Crippen molar-refractivity contribution in [2.75, 3.05) is 13.1 Å². The number of halogens is 3. The van der Waals surface area contributed by atoms with E-state index in [1.165, 1.54) is 13.0 Å². The molecular weight excluding hydrogens is 349 g/mol. The third kappa shape index (κ3) is 4.55. The monoisotopic (exact) mass is 372 g/mol. The zero-order valence-electron chi connectivity index (χ0n) is 15.2. The van der Waals surface area contributed by atoms with Crippen molar-refractivity contribution in [3.63, 3.8) is 0 Å². The first-order chi connectivity index (χ1) is 11.9. The van der Waals surface area contributed by atoms with E-state index in [0.29, 0.717) is 18.7 Å². The van der Waals surface area contributed by atoms with Gasteiger partial charge >= 0.3 is 12.1 Å². The van der Waals surface area contributed by atoms with Gasteiger partial charge in [-0.15, -0.1) is 0 Å². The van der Waals surface area contributed by atoms with E-state index >= 15 is 0 Å². The number of morpholine rings is 1. The van der Waals surface area contributed by atoms with Crippen molar-refractivity contribution >= 4 is 11.9 Å². The molecule has 1 aromatic carbocycles. The molecule has 1 aliphatic rings. The van der Waals surface area contributed by atoms with E-state index < -0.39 is 29.4 Å². The number of nitrogens with one attached hydrogen (secondary N) is 1. The number of alkyl halides is 3. The van der Waals surface area contributed by atoms with Gasteiger partial charge in [-0.25, -0.2) is 4.79 Å². The van der Waals surface area contributed by atoms with Gasteiger partial charge in [0.1, 0.15) is 11.6 Å². The van der Waals surface area contributed by atoms with E-state index in [4.69, 9.17) is 4.74 Å². The van der Waals surface area contributed by atoms with Gasteiger partial charge in [-0.3, -0.25) is 9.69 Å². The minimum Gasteiger partial charge on any atom is -0.457 e. The second-order valence-electron chi connectivity index (χ2n) is 6.97. The van der Waals surface area contributed by atoms with Crippen LogP contribution in [-0.2, 0) is 27.0 Å². The number of benzene rings is 1. The fraction of sp³-hybridized carbons (Fsp3) is 0.556. The largest absolute Gasteiger partial charge is 0.457 e. The number of hydrogen-bond acceptors (Lipinski definition) is 4. The highest BCUT2D eigenvalue weighted by molar-refractivity contribution is 5.80. The summed E-state index contributed by atoms with van der Waals surface area (Å²) in [6.45, 7) is 7.58. The number of rotatable bonds is 4. The molecule has 26 heavy (non-hydrogen) atoms. The van der Waals surface area contributed by atoms with Crippen LogP contribution >= 0.6 is 0 Å². The predicted octanol–water partition coefficient (Wildman–Crippen LogP) is 3.04. The first-order valence-electron chi connectivity index (χ1n) is 8.36. The lowest BCUT2D eigenvalue weighted by molar-refractivity contribution is -0.178. The number of amides is 1. The normalized spacial score (nSPS) is 20.6. The number of ether oxygens (including phenoxy) is 1. The van der Waals surface area contributed by atoms with Crippen molar-refractivity contribution in [1.29, 1.82) is 0 Å². The van der Waals surface area contributed by atoms with E-state index in [0.717, 1.165) is 12.1 Å². The van der Waals surface area contributed by atoms with E-state index in [1.807, 2.05) is 6.92 Å². The molecule has 2 rings (SSSR count). The molecule has 1 heterocycles. The van der Waals surface area contributed by atoms with Crippen molar-refractivity contribution in [3.05, 3.63) is 34.9 Å². The maximum Gasteiger partial charge on any atom is 0.416 e. The minimum atomic E-state index is -4.53. The molecule has 0 spiro atoms. The average Bonchev–Trinajstić information content (AvgIpc) is 2.50. The van der Waals surface area contributed by atoms with Gasteiger partial charge in [0.2, 0.25) is 5.91 Å². The Morgan fingerprint density at radius 3 is 2.58 bits per heavy atom. The van der Waals surface area contributed by atoms with Crippen molar-refractivity contribution in [1.82, 2.24) is 10.2 Å². The quantitative estimate of drug-likeness (QED) is 0.826. The Morgan fingerprint density at radius 2 is 2.04 bits per heavy atom. The van der Waals surface area contributed by atoms with Crippen molar-refractivity contribution in [2.45, 2.75) is 52.1 Å². The topological polar surface area (TPSA) is 58.6 Å². The molecular formula is C18H23F3N2O3. The molecule has 0 aliphatic carbocycles. The lowest BCUT2D eigenvalue weighted by Gasteiger charge is -2.42. The van der Waals surface area contributed by atoms with Crippen LogP contribution < -0.4 is 5.32 Å². The highest BCUT2D eigenvalue weighted by Gasteiger charge is 2.42. The molecule has 1 aliphatic heterocycles. The maximum atomic E-state index is 13.2. The van der Waals surface area contributed by atoms with E-state index in [1.54, 1.807) is 18.7 Å². The Balaban J connectivity index is 2.52. The number of nitrogens with zero attached hydrogens (tertiary/aromatic N) is 1. The van der Waals surface area contributed by atoms with Crippen molar-refractivity contribution in [3.8, 4) is 0 Å². The zero-order valence-corrected chi connectivity index (χ0v) is 15.2. The summed E-state index contributed by atoms with van der Waals surface area (Å²) in [4.78, 5) is 25.6. The van der Waals surface area contributed by atoms with Crippen LogP contribution in [0, 0.1) is 0 Å². The molecule has 1 aromatic rings. The summed E-state index contributed by atoms with van der Waals surface area (Å²) in [6.07, 6.45) is -4.53. The lowest BCUT2D eigenvalue weighted by atomic mass is 9.93. The van der Waals surface area contributed by atoms with Gasteiger partial charge in [0.15, 0.2) is 0 Å². The van der Waals surface area contributed by atoms with Gasteiger partial charge in [0.05, 0.1) is 5.56 Å². The van der Waals surface area contributed by atoms with Crippen LogP contribution in [0.2, 0.25) is 0 Å². The summed E-state index contributed by atoms with van der Waals surface area (Å²) in [5.41, 5.74) is -0.903. The number of esters is 1. The third-order valence-corrected chi connectivity index (χ3v) is 4.25. The number of carbonyl (C=O) groups excluding carboxylic acids is 2. The zero-order chi connectivity index (χ0) is 19.7. The number of cyclic esters (lactones) is 1. The summed E-state index contributed by atoms with van der Waals surface area (Å²) >= 11 is 0. The van der Waals surface area contributed by atoms with Crippen LogP contribution in [0.5, 0.6) is 0 Å². The fourth-order valence-electron chi connectivity index (χ4n) is 3.11. The highest BCUT2D eigenvalue weighted by atomic mass is 19.4. The summed E-state index contributed by atoms with van der Waals surface area (Å²) in [5, 5.41) is 2.57. The molecule has 0 saturated carbocycles. The van der Waals surface area contributed by atoms with Crippen LogP contribution in [-0.4, -0.2) is 35.5 Å². The van der Waals surface area contributed by atoms with Gasteiger partial charge in [0, 0.05) is 20.0 Å². The van der Waals surface area contributed by atoms with Crippen molar-refractivity contribution in [2.24, 2.45) is 0 Å². The van der Waals surface area contributed by atoms with Crippen LogP contribution in [0.1, 0.15) is 50.4 Å². The third-order valence-electron chi connectivity index (χ3n) is 4.25. The minimum absolute atomic E-state index is 0.0352. The molecule has 1 amide bonds.